The average molecular weight is 251 g/mol. The van der Waals surface area contributed by atoms with E-state index in [4.69, 9.17) is 9.47 Å². The molecule has 0 heterocycles. The zero-order chi connectivity index (χ0) is 12.8. The second kappa shape index (κ2) is 6.61. The van der Waals surface area contributed by atoms with Crippen molar-refractivity contribution < 1.29 is 14.6 Å². The van der Waals surface area contributed by atoms with Crippen LogP contribution in [0.3, 0.4) is 0 Å². The summed E-state index contributed by atoms with van der Waals surface area (Å²) in [6.45, 7) is 3.52. The van der Waals surface area contributed by atoms with E-state index in [0.717, 1.165) is 11.5 Å². The quantitative estimate of drug-likeness (QED) is 0.736. The normalized spacial score (nSPS) is 16.3. The zero-order valence-electron chi connectivity index (χ0n) is 10.8. The molecule has 0 aromatic heterocycles. The first kappa shape index (κ1) is 13.2. The van der Waals surface area contributed by atoms with E-state index >= 15 is 0 Å². The van der Waals surface area contributed by atoms with Gasteiger partial charge in [-0.15, -0.1) is 0 Å². The molecule has 4 nitrogen and oxygen atoms in total. The Bertz CT molecular complexity index is 349. The van der Waals surface area contributed by atoms with Gasteiger partial charge in [-0.25, -0.2) is 0 Å². The molecule has 4 heteroatoms. The molecule has 0 spiro atoms. The summed E-state index contributed by atoms with van der Waals surface area (Å²) in [4.78, 5) is 0. The van der Waals surface area contributed by atoms with Gasteiger partial charge in [-0.05, 0) is 44.0 Å². The largest absolute Gasteiger partial charge is 0.494 e. The topological polar surface area (TPSA) is 50.7 Å². The number of nitrogens with one attached hydrogen (secondary N) is 1. The molecule has 0 amide bonds. The highest BCUT2D eigenvalue weighted by Crippen LogP contribution is 2.19. The van der Waals surface area contributed by atoms with Crippen LogP contribution in [-0.2, 0) is 0 Å². The Morgan fingerprint density at radius 1 is 1.22 bits per heavy atom. The summed E-state index contributed by atoms with van der Waals surface area (Å²) < 4.78 is 10.9. The second-order valence-electron chi connectivity index (χ2n) is 4.55. The third-order valence-corrected chi connectivity index (χ3v) is 2.80. The molecule has 0 saturated heterocycles. The van der Waals surface area contributed by atoms with Crippen LogP contribution in [-0.4, -0.2) is 37.0 Å². The van der Waals surface area contributed by atoms with E-state index in [1.54, 1.807) is 0 Å². The summed E-state index contributed by atoms with van der Waals surface area (Å²) in [5.74, 6) is 1.59. The second-order valence-corrected chi connectivity index (χ2v) is 4.55. The van der Waals surface area contributed by atoms with Gasteiger partial charge in [-0.3, -0.25) is 0 Å². The maximum absolute atomic E-state index is 9.71. The first-order valence-corrected chi connectivity index (χ1v) is 6.55. The van der Waals surface area contributed by atoms with E-state index < -0.39 is 6.10 Å². The van der Waals surface area contributed by atoms with Crippen molar-refractivity contribution in [2.45, 2.75) is 31.9 Å². The van der Waals surface area contributed by atoms with Gasteiger partial charge in [0.25, 0.3) is 0 Å². The molecule has 1 saturated carbocycles. The van der Waals surface area contributed by atoms with Crippen molar-refractivity contribution >= 4 is 0 Å². The number of ether oxygens (including phenoxy) is 2. The van der Waals surface area contributed by atoms with Gasteiger partial charge in [0.1, 0.15) is 24.2 Å². The monoisotopic (exact) mass is 251 g/mol. The van der Waals surface area contributed by atoms with E-state index in [9.17, 15) is 5.11 Å². The summed E-state index contributed by atoms with van der Waals surface area (Å²) in [5.41, 5.74) is 0. The summed E-state index contributed by atoms with van der Waals surface area (Å²) in [6, 6.07) is 8.06. The molecule has 1 fully saturated rings. The zero-order valence-corrected chi connectivity index (χ0v) is 10.8. The summed E-state index contributed by atoms with van der Waals surface area (Å²) in [6.07, 6.45) is 2.00. The van der Waals surface area contributed by atoms with E-state index in [0.29, 0.717) is 25.8 Å². The van der Waals surface area contributed by atoms with E-state index in [-0.39, 0.29) is 0 Å². The van der Waals surface area contributed by atoms with Gasteiger partial charge in [-0.2, -0.15) is 0 Å². The minimum atomic E-state index is -0.461. The van der Waals surface area contributed by atoms with Crippen LogP contribution >= 0.6 is 0 Å². The molecule has 0 bridgehead atoms. The highest BCUT2D eigenvalue weighted by molar-refractivity contribution is 5.31. The van der Waals surface area contributed by atoms with E-state index in [1.165, 1.54) is 12.8 Å². The number of aliphatic hydroxyl groups excluding tert-OH is 1. The Kier molecular flexibility index (Phi) is 4.84. The van der Waals surface area contributed by atoms with Gasteiger partial charge in [0.2, 0.25) is 0 Å². The van der Waals surface area contributed by atoms with Crippen LogP contribution < -0.4 is 14.8 Å². The standard InChI is InChI=1S/C14H21NO3/c1-2-17-13-5-7-14(8-6-13)18-10-12(16)9-15-11-3-4-11/h5-8,11-12,15-16H,2-4,9-10H2,1H3. The molecule has 2 rings (SSSR count). The van der Waals surface area contributed by atoms with E-state index in [1.807, 2.05) is 31.2 Å². The Morgan fingerprint density at radius 3 is 2.39 bits per heavy atom. The fraction of sp³-hybridized carbons (Fsp3) is 0.571. The number of hydrogen-bond acceptors (Lipinski definition) is 4. The fourth-order valence-corrected chi connectivity index (χ4v) is 1.64. The lowest BCUT2D eigenvalue weighted by atomic mass is 10.3. The van der Waals surface area contributed by atoms with Gasteiger partial charge >= 0.3 is 0 Å². The highest BCUT2D eigenvalue weighted by atomic mass is 16.5. The molecule has 100 valence electrons. The minimum absolute atomic E-state index is 0.313. The van der Waals surface area contributed by atoms with Crippen LogP contribution in [0.4, 0.5) is 0 Å². The number of rotatable bonds is 8. The Labute approximate surface area is 108 Å². The van der Waals surface area contributed by atoms with Crippen molar-refractivity contribution in [3.05, 3.63) is 24.3 Å². The lowest BCUT2D eigenvalue weighted by Crippen LogP contribution is -2.32. The van der Waals surface area contributed by atoms with Crippen molar-refractivity contribution in [1.29, 1.82) is 0 Å². The van der Waals surface area contributed by atoms with Crippen molar-refractivity contribution in [2.75, 3.05) is 19.8 Å². The van der Waals surface area contributed by atoms with Crippen LogP contribution in [0, 0.1) is 0 Å². The molecule has 2 N–H and O–H groups in total. The predicted octanol–water partition coefficient (Wildman–Crippen LogP) is 1.58. The van der Waals surface area contributed by atoms with Crippen LogP contribution in [0.2, 0.25) is 0 Å². The number of aliphatic hydroxyl groups is 1. The molecular weight excluding hydrogens is 230 g/mol. The van der Waals surface area contributed by atoms with Gasteiger partial charge in [0, 0.05) is 12.6 Å². The van der Waals surface area contributed by atoms with Gasteiger partial charge in [0.05, 0.1) is 6.61 Å². The molecule has 18 heavy (non-hydrogen) atoms. The Balaban J connectivity index is 1.67. The van der Waals surface area contributed by atoms with Crippen LogP contribution in [0.25, 0.3) is 0 Å². The van der Waals surface area contributed by atoms with Crippen molar-refractivity contribution in [3.8, 4) is 11.5 Å². The molecule has 1 unspecified atom stereocenters. The van der Waals surface area contributed by atoms with Gasteiger partial charge in [0.15, 0.2) is 0 Å². The predicted molar refractivity (Wildman–Crippen MR) is 70.1 cm³/mol. The van der Waals surface area contributed by atoms with Crippen LogP contribution in [0.5, 0.6) is 11.5 Å². The molecule has 1 aromatic rings. The molecule has 1 aliphatic rings. The molecule has 1 aromatic carbocycles. The van der Waals surface area contributed by atoms with Crippen molar-refractivity contribution in [1.82, 2.24) is 5.32 Å². The Hall–Kier alpha value is -1.26. The maximum atomic E-state index is 9.71. The van der Waals surface area contributed by atoms with Crippen LogP contribution in [0.15, 0.2) is 24.3 Å². The van der Waals surface area contributed by atoms with Gasteiger partial charge in [-0.1, -0.05) is 0 Å². The summed E-state index contributed by atoms with van der Waals surface area (Å²) in [5, 5.41) is 13.0. The fourth-order valence-electron chi connectivity index (χ4n) is 1.64. The van der Waals surface area contributed by atoms with Crippen LogP contribution in [0.1, 0.15) is 19.8 Å². The lowest BCUT2D eigenvalue weighted by Gasteiger charge is -2.13. The molecular formula is C14H21NO3. The smallest absolute Gasteiger partial charge is 0.119 e. The third-order valence-electron chi connectivity index (χ3n) is 2.80. The first-order valence-electron chi connectivity index (χ1n) is 6.55. The molecule has 1 atom stereocenters. The van der Waals surface area contributed by atoms with Crippen molar-refractivity contribution in [3.63, 3.8) is 0 Å². The summed E-state index contributed by atoms with van der Waals surface area (Å²) >= 11 is 0. The lowest BCUT2D eigenvalue weighted by molar-refractivity contribution is 0.106. The highest BCUT2D eigenvalue weighted by Gasteiger charge is 2.21. The number of hydrogen-bond donors (Lipinski definition) is 2. The maximum Gasteiger partial charge on any atom is 0.119 e. The average Bonchev–Trinajstić information content (AvgIpc) is 3.20. The first-order chi connectivity index (χ1) is 8.78. The SMILES string of the molecule is CCOc1ccc(OCC(O)CNC2CC2)cc1. The van der Waals surface area contributed by atoms with Gasteiger partial charge < -0.3 is 19.9 Å². The minimum Gasteiger partial charge on any atom is -0.494 e. The summed E-state index contributed by atoms with van der Waals surface area (Å²) in [7, 11) is 0. The molecule has 1 aliphatic carbocycles. The third kappa shape index (κ3) is 4.55. The number of benzene rings is 1. The van der Waals surface area contributed by atoms with E-state index in [2.05, 4.69) is 5.32 Å². The Morgan fingerprint density at radius 2 is 1.83 bits per heavy atom. The molecule has 0 aliphatic heterocycles. The van der Waals surface area contributed by atoms with Crippen molar-refractivity contribution in [2.24, 2.45) is 0 Å². The molecule has 0 radical (unpaired) electrons.